The molecule has 96 valence electrons. The molecular formula is C13H17N3O2. The molecule has 1 saturated heterocycles. The highest BCUT2D eigenvalue weighted by Crippen LogP contribution is 2.18. The molecule has 0 bridgehead atoms. The van der Waals surface area contributed by atoms with Crippen LogP contribution in [0.15, 0.2) is 24.3 Å². The van der Waals surface area contributed by atoms with E-state index in [1.807, 2.05) is 24.3 Å². The predicted octanol–water partition coefficient (Wildman–Crippen LogP) is 0.610. The molecule has 0 saturated carbocycles. The Morgan fingerprint density at radius 3 is 2.89 bits per heavy atom. The molecule has 2 rings (SSSR count). The number of anilines is 1. The molecule has 1 aromatic carbocycles. The number of para-hydroxylation sites is 1. The summed E-state index contributed by atoms with van der Waals surface area (Å²) in [5.41, 5.74) is 7.27. The molecule has 4 N–H and O–H groups in total. The van der Waals surface area contributed by atoms with Crippen molar-refractivity contribution < 1.29 is 9.59 Å². The van der Waals surface area contributed by atoms with Gasteiger partial charge in [-0.3, -0.25) is 9.59 Å². The highest BCUT2D eigenvalue weighted by molar-refractivity contribution is 5.94. The van der Waals surface area contributed by atoms with E-state index in [0.29, 0.717) is 25.9 Å². The van der Waals surface area contributed by atoms with Gasteiger partial charge in [0.2, 0.25) is 11.8 Å². The van der Waals surface area contributed by atoms with Crippen LogP contribution in [0.2, 0.25) is 0 Å². The van der Waals surface area contributed by atoms with Crippen molar-refractivity contribution in [2.24, 2.45) is 11.7 Å². The first-order valence-electron chi connectivity index (χ1n) is 6.06. The normalized spacial score (nSPS) is 19.2. The van der Waals surface area contributed by atoms with Crippen LogP contribution >= 0.6 is 0 Å². The molecule has 0 radical (unpaired) electrons. The molecule has 0 aliphatic carbocycles. The van der Waals surface area contributed by atoms with E-state index in [1.54, 1.807) is 0 Å². The summed E-state index contributed by atoms with van der Waals surface area (Å²) in [6.07, 6.45) is 1.01. The van der Waals surface area contributed by atoms with Crippen LogP contribution in [-0.4, -0.2) is 18.4 Å². The van der Waals surface area contributed by atoms with Gasteiger partial charge in [-0.15, -0.1) is 0 Å². The predicted molar refractivity (Wildman–Crippen MR) is 68.7 cm³/mol. The zero-order chi connectivity index (χ0) is 13.0. The number of amides is 2. The first kappa shape index (κ1) is 12.6. The van der Waals surface area contributed by atoms with Crippen molar-refractivity contribution in [1.82, 2.24) is 5.32 Å². The van der Waals surface area contributed by atoms with Crippen molar-refractivity contribution in [2.75, 3.05) is 11.9 Å². The van der Waals surface area contributed by atoms with Crippen LogP contribution in [0.3, 0.4) is 0 Å². The Hall–Kier alpha value is -1.88. The lowest BCUT2D eigenvalue weighted by atomic mass is 9.98. The van der Waals surface area contributed by atoms with Gasteiger partial charge in [-0.05, 0) is 18.1 Å². The molecule has 0 aromatic heterocycles. The SMILES string of the molecule is NCc1ccccc1NC(=O)C1CCC(=O)NC1. The highest BCUT2D eigenvalue weighted by atomic mass is 16.2. The molecule has 1 atom stereocenters. The Morgan fingerprint density at radius 1 is 1.44 bits per heavy atom. The minimum absolute atomic E-state index is 0.0152. The summed E-state index contributed by atoms with van der Waals surface area (Å²) < 4.78 is 0. The van der Waals surface area contributed by atoms with E-state index >= 15 is 0 Å². The van der Waals surface area contributed by atoms with Crippen molar-refractivity contribution in [1.29, 1.82) is 0 Å². The van der Waals surface area contributed by atoms with Crippen LogP contribution in [0.1, 0.15) is 18.4 Å². The zero-order valence-electron chi connectivity index (χ0n) is 10.1. The summed E-state index contributed by atoms with van der Waals surface area (Å²) in [6.45, 7) is 0.799. The summed E-state index contributed by atoms with van der Waals surface area (Å²) in [5.74, 6) is -0.203. The maximum atomic E-state index is 12.0. The molecule has 5 nitrogen and oxygen atoms in total. The number of piperidine rings is 1. The second-order valence-electron chi connectivity index (χ2n) is 4.39. The first-order valence-corrected chi connectivity index (χ1v) is 6.06. The fourth-order valence-corrected chi connectivity index (χ4v) is 2.01. The zero-order valence-corrected chi connectivity index (χ0v) is 10.1. The third-order valence-corrected chi connectivity index (χ3v) is 3.13. The van der Waals surface area contributed by atoms with Gasteiger partial charge in [0.15, 0.2) is 0 Å². The van der Waals surface area contributed by atoms with Gasteiger partial charge in [0.25, 0.3) is 0 Å². The van der Waals surface area contributed by atoms with Gasteiger partial charge in [-0.1, -0.05) is 18.2 Å². The Morgan fingerprint density at radius 2 is 2.22 bits per heavy atom. The van der Waals surface area contributed by atoms with E-state index in [-0.39, 0.29) is 17.7 Å². The second-order valence-corrected chi connectivity index (χ2v) is 4.39. The maximum Gasteiger partial charge on any atom is 0.229 e. The van der Waals surface area contributed by atoms with Crippen molar-refractivity contribution >= 4 is 17.5 Å². The maximum absolute atomic E-state index is 12.0. The summed E-state index contributed by atoms with van der Waals surface area (Å²) in [7, 11) is 0. The highest BCUT2D eigenvalue weighted by Gasteiger charge is 2.24. The summed E-state index contributed by atoms with van der Waals surface area (Å²) >= 11 is 0. The molecule has 1 fully saturated rings. The second kappa shape index (κ2) is 5.64. The molecular weight excluding hydrogens is 230 g/mol. The number of nitrogens with one attached hydrogen (secondary N) is 2. The average molecular weight is 247 g/mol. The average Bonchev–Trinajstić information content (AvgIpc) is 2.40. The van der Waals surface area contributed by atoms with E-state index in [1.165, 1.54) is 0 Å². The fourth-order valence-electron chi connectivity index (χ4n) is 2.01. The molecule has 1 aliphatic heterocycles. The molecule has 1 aliphatic rings. The molecule has 1 aromatic rings. The van der Waals surface area contributed by atoms with Crippen LogP contribution in [0, 0.1) is 5.92 Å². The summed E-state index contributed by atoms with van der Waals surface area (Å²) in [6, 6.07) is 7.47. The summed E-state index contributed by atoms with van der Waals surface area (Å²) in [5, 5.41) is 5.58. The van der Waals surface area contributed by atoms with Crippen molar-refractivity contribution in [3.63, 3.8) is 0 Å². The molecule has 5 heteroatoms. The van der Waals surface area contributed by atoms with Crippen molar-refractivity contribution in [3.8, 4) is 0 Å². The molecule has 1 unspecified atom stereocenters. The third-order valence-electron chi connectivity index (χ3n) is 3.13. The van der Waals surface area contributed by atoms with Gasteiger partial charge in [0.1, 0.15) is 0 Å². The minimum atomic E-state index is -0.159. The topological polar surface area (TPSA) is 84.2 Å². The smallest absolute Gasteiger partial charge is 0.229 e. The quantitative estimate of drug-likeness (QED) is 0.731. The fraction of sp³-hybridized carbons (Fsp3) is 0.385. The number of benzene rings is 1. The van der Waals surface area contributed by atoms with Gasteiger partial charge >= 0.3 is 0 Å². The Labute approximate surface area is 106 Å². The van der Waals surface area contributed by atoms with E-state index in [4.69, 9.17) is 5.73 Å². The van der Waals surface area contributed by atoms with E-state index in [9.17, 15) is 9.59 Å². The number of carbonyl (C=O) groups is 2. The van der Waals surface area contributed by atoms with E-state index in [2.05, 4.69) is 10.6 Å². The minimum Gasteiger partial charge on any atom is -0.355 e. The lowest BCUT2D eigenvalue weighted by Crippen LogP contribution is -2.40. The van der Waals surface area contributed by atoms with Gasteiger partial charge in [0.05, 0.1) is 5.92 Å². The van der Waals surface area contributed by atoms with Gasteiger partial charge in [-0.25, -0.2) is 0 Å². The van der Waals surface area contributed by atoms with Crippen molar-refractivity contribution in [3.05, 3.63) is 29.8 Å². The molecule has 18 heavy (non-hydrogen) atoms. The molecule has 1 heterocycles. The van der Waals surface area contributed by atoms with E-state index < -0.39 is 0 Å². The lowest BCUT2D eigenvalue weighted by molar-refractivity contribution is -0.126. The van der Waals surface area contributed by atoms with Gasteiger partial charge in [0, 0.05) is 25.2 Å². The molecule has 0 spiro atoms. The van der Waals surface area contributed by atoms with Crippen molar-refractivity contribution in [2.45, 2.75) is 19.4 Å². The van der Waals surface area contributed by atoms with Crippen LogP contribution in [0.5, 0.6) is 0 Å². The standard InChI is InChI=1S/C13H17N3O2/c14-7-9-3-1-2-4-11(9)16-13(18)10-5-6-12(17)15-8-10/h1-4,10H,5-8,14H2,(H,15,17)(H,16,18). The Kier molecular flexibility index (Phi) is 3.94. The number of nitrogens with two attached hydrogens (primary N) is 1. The number of hydrogen-bond donors (Lipinski definition) is 3. The number of rotatable bonds is 3. The van der Waals surface area contributed by atoms with Crippen LogP contribution < -0.4 is 16.4 Å². The molecule has 2 amide bonds. The van der Waals surface area contributed by atoms with Crippen LogP contribution in [-0.2, 0) is 16.1 Å². The largest absolute Gasteiger partial charge is 0.355 e. The Bertz CT molecular complexity index is 449. The lowest BCUT2D eigenvalue weighted by Gasteiger charge is -2.22. The third kappa shape index (κ3) is 2.87. The summed E-state index contributed by atoms with van der Waals surface area (Å²) in [4.78, 5) is 23.1. The van der Waals surface area contributed by atoms with Crippen LogP contribution in [0.4, 0.5) is 5.69 Å². The monoisotopic (exact) mass is 247 g/mol. The van der Waals surface area contributed by atoms with E-state index in [0.717, 1.165) is 11.3 Å². The van der Waals surface area contributed by atoms with Gasteiger partial charge in [-0.2, -0.15) is 0 Å². The first-order chi connectivity index (χ1) is 8.70. The van der Waals surface area contributed by atoms with Crippen LogP contribution in [0.25, 0.3) is 0 Å². The van der Waals surface area contributed by atoms with Gasteiger partial charge < -0.3 is 16.4 Å². The Balaban J connectivity index is 2.00. The number of carbonyl (C=O) groups excluding carboxylic acids is 2. The number of hydrogen-bond acceptors (Lipinski definition) is 3.